The van der Waals surface area contributed by atoms with Gasteiger partial charge in [-0.2, -0.15) is 0 Å². The molecule has 88 valence electrons. The van der Waals surface area contributed by atoms with Crippen molar-refractivity contribution in [3.63, 3.8) is 0 Å². The minimum absolute atomic E-state index is 0. The van der Waals surface area contributed by atoms with Crippen molar-refractivity contribution in [3.05, 3.63) is 41.5 Å². The molecule has 0 heterocycles. The van der Waals surface area contributed by atoms with E-state index < -0.39 is 0 Å². The summed E-state index contributed by atoms with van der Waals surface area (Å²) >= 11 is 0. The maximum atomic E-state index is 10.7. The predicted octanol–water partition coefficient (Wildman–Crippen LogP) is -1.27. The first-order chi connectivity index (χ1) is 7.72. The first kappa shape index (κ1) is 17.5. The van der Waals surface area contributed by atoms with Crippen LogP contribution in [0.4, 0.5) is 0 Å². The Morgan fingerprint density at radius 2 is 2.06 bits per heavy atom. The molecule has 2 N–H and O–H groups in total. The van der Waals surface area contributed by atoms with Gasteiger partial charge in [0.15, 0.2) is 0 Å². The van der Waals surface area contributed by atoms with Gasteiger partial charge in [-0.15, -0.1) is 6.61 Å². The number of nitrogens with two attached hydrogens (primary N) is 1. The van der Waals surface area contributed by atoms with Crippen LogP contribution in [-0.2, 0) is 6.42 Å². The van der Waals surface area contributed by atoms with Crippen LogP contribution in [0.15, 0.2) is 30.3 Å². The van der Waals surface area contributed by atoms with Gasteiger partial charge in [-0.1, -0.05) is 37.3 Å². The van der Waals surface area contributed by atoms with Gasteiger partial charge in [-0.3, -0.25) is 0 Å². The van der Waals surface area contributed by atoms with E-state index in [0.29, 0.717) is 6.42 Å². The largest absolute Gasteiger partial charge is 1.00 e. The normalized spacial score (nSPS) is 13.1. The zero-order valence-electron chi connectivity index (χ0n) is 11.1. The fraction of sp³-hybridized carbons (Fsp3) is 0.429. The summed E-state index contributed by atoms with van der Waals surface area (Å²) < 4.78 is 0. The summed E-state index contributed by atoms with van der Waals surface area (Å²) in [5, 5.41) is 10.7. The third-order valence-corrected chi connectivity index (χ3v) is 2.79. The quantitative estimate of drug-likeness (QED) is 0.669. The second kappa shape index (κ2) is 9.45. The predicted molar refractivity (Wildman–Crippen MR) is 66.9 cm³/mol. The molecule has 0 bridgehead atoms. The molecule has 0 fully saturated rings. The number of allylic oxidation sites excluding steroid dienone is 1. The Kier molecular flexibility index (Phi) is 9.73. The zero-order chi connectivity index (χ0) is 12.0. The molecule has 1 atom stereocenters. The minimum Gasteiger partial charge on any atom is -0.853 e. The Morgan fingerprint density at radius 1 is 1.41 bits per heavy atom. The number of rotatable bonds is 5. The molecule has 1 unspecified atom stereocenters. The van der Waals surface area contributed by atoms with E-state index in [4.69, 9.17) is 5.73 Å². The van der Waals surface area contributed by atoms with Gasteiger partial charge in [0, 0.05) is 0 Å². The molecule has 1 rings (SSSR count). The summed E-state index contributed by atoms with van der Waals surface area (Å²) in [6.45, 7) is 3.92. The van der Waals surface area contributed by atoms with Crippen LogP contribution >= 0.6 is 0 Å². The zero-order valence-corrected chi connectivity index (χ0v) is 14.2. The van der Waals surface area contributed by atoms with Crippen LogP contribution in [0.3, 0.4) is 0 Å². The molecule has 0 saturated carbocycles. The van der Waals surface area contributed by atoms with E-state index in [2.05, 4.69) is 25.1 Å². The summed E-state index contributed by atoms with van der Waals surface area (Å²) in [5.41, 5.74) is 9.45. The van der Waals surface area contributed by atoms with Crippen molar-refractivity contribution in [3.8, 4) is 0 Å². The van der Waals surface area contributed by atoms with Crippen LogP contribution in [0.1, 0.15) is 31.4 Å². The van der Waals surface area contributed by atoms with Crippen LogP contribution in [0.25, 0.3) is 5.57 Å². The maximum Gasteiger partial charge on any atom is 1.00 e. The third kappa shape index (κ3) is 5.35. The van der Waals surface area contributed by atoms with Gasteiger partial charge in [0.05, 0.1) is 0 Å². The second-order valence-corrected chi connectivity index (χ2v) is 3.96. The van der Waals surface area contributed by atoms with Gasteiger partial charge in [0.2, 0.25) is 0 Å². The van der Waals surface area contributed by atoms with Gasteiger partial charge in [-0.25, -0.2) is 0 Å². The SMILES string of the molecule is C/C=C(/CC(N)C[O-])c1ccccc1CC.[K+]. The fourth-order valence-corrected chi connectivity index (χ4v) is 1.87. The molecule has 0 aromatic heterocycles. The third-order valence-electron chi connectivity index (χ3n) is 2.79. The summed E-state index contributed by atoms with van der Waals surface area (Å²) in [4.78, 5) is 0. The number of benzene rings is 1. The molecule has 2 nitrogen and oxygen atoms in total. The fourth-order valence-electron chi connectivity index (χ4n) is 1.87. The topological polar surface area (TPSA) is 49.1 Å². The molecule has 0 radical (unpaired) electrons. The van der Waals surface area contributed by atoms with Crippen molar-refractivity contribution in [2.24, 2.45) is 5.73 Å². The van der Waals surface area contributed by atoms with Crippen molar-refractivity contribution >= 4 is 5.57 Å². The first-order valence-corrected chi connectivity index (χ1v) is 5.80. The standard InChI is InChI=1S/C14H20NO.K/c1-3-11-7-5-6-8-14(11)12(4-2)9-13(15)10-16;/h4-8,13H,3,9-10,15H2,1-2H3;/q-1;+1/b12-4-;. The van der Waals surface area contributed by atoms with Gasteiger partial charge in [0.25, 0.3) is 0 Å². The van der Waals surface area contributed by atoms with Crippen molar-refractivity contribution in [2.75, 3.05) is 6.61 Å². The molecule has 17 heavy (non-hydrogen) atoms. The van der Waals surface area contributed by atoms with E-state index in [0.717, 1.165) is 6.42 Å². The molecular weight excluding hydrogens is 237 g/mol. The maximum absolute atomic E-state index is 10.7. The average Bonchev–Trinajstić information content (AvgIpc) is 2.35. The number of hydrogen-bond donors (Lipinski definition) is 1. The molecule has 0 aliphatic heterocycles. The van der Waals surface area contributed by atoms with Gasteiger partial charge < -0.3 is 10.8 Å². The monoisotopic (exact) mass is 257 g/mol. The molecule has 1 aromatic carbocycles. The van der Waals surface area contributed by atoms with Crippen LogP contribution < -0.4 is 62.2 Å². The van der Waals surface area contributed by atoms with Gasteiger partial charge in [0.1, 0.15) is 0 Å². The summed E-state index contributed by atoms with van der Waals surface area (Å²) in [6.07, 6.45) is 3.72. The van der Waals surface area contributed by atoms with Crippen LogP contribution in [0.2, 0.25) is 0 Å². The van der Waals surface area contributed by atoms with E-state index in [1.807, 2.05) is 19.1 Å². The molecule has 0 saturated heterocycles. The summed E-state index contributed by atoms with van der Waals surface area (Å²) in [7, 11) is 0. The van der Waals surface area contributed by atoms with Crippen LogP contribution in [0, 0.1) is 0 Å². The Bertz CT molecular complexity index is 363. The van der Waals surface area contributed by atoms with Crippen molar-refractivity contribution in [1.29, 1.82) is 0 Å². The van der Waals surface area contributed by atoms with E-state index in [-0.39, 0.29) is 64.0 Å². The van der Waals surface area contributed by atoms with Crippen molar-refractivity contribution < 1.29 is 56.5 Å². The number of hydrogen-bond acceptors (Lipinski definition) is 2. The van der Waals surface area contributed by atoms with E-state index in [1.54, 1.807) is 0 Å². The molecule has 0 aliphatic carbocycles. The average molecular weight is 257 g/mol. The molecule has 0 aliphatic rings. The smallest absolute Gasteiger partial charge is 0.853 e. The molecule has 1 aromatic rings. The van der Waals surface area contributed by atoms with Gasteiger partial charge in [-0.05, 0) is 42.5 Å². The molecule has 0 spiro atoms. The van der Waals surface area contributed by atoms with Crippen LogP contribution in [0.5, 0.6) is 0 Å². The first-order valence-electron chi connectivity index (χ1n) is 5.80. The van der Waals surface area contributed by atoms with Crippen molar-refractivity contribution in [1.82, 2.24) is 0 Å². The number of aryl methyl sites for hydroxylation is 1. The Labute approximate surface area is 147 Å². The van der Waals surface area contributed by atoms with Crippen molar-refractivity contribution in [2.45, 2.75) is 32.7 Å². The summed E-state index contributed by atoms with van der Waals surface area (Å²) in [5.74, 6) is 0. The Hall–Kier alpha value is 0.516. The molecular formula is C14H20KNO. The molecule has 3 heteroatoms. The Balaban J connectivity index is 0.00000256. The van der Waals surface area contributed by atoms with Crippen LogP contribution in [-0.4, -0.2) is 12.6 Å². The Morgan fingerprint density at radius 3 is 2.59 bits per heavy atom. The second-order valence-electron chi connectivity index (χ2n) is 3.96. The minimum atomic E-state index is -0.281. The van der Waals surface area contributed by atoms with E-state index in [9.17, 15) is 5.11 Å². The van der Waals surface area contributed by atoms with E-state index >= 15 is 0 Å². The summed E-state index contributed by atoms with van der Waals surface area (Å²) in [6, 6.07) is 8.02. The van der Waals surface area contributed by atoms with Gasteiger partial charge >= 0.3 is 51.4 Å². The van der Waals surface area contributed by atoms with E-state index in [1.165, 1.54) is 16.7 Å². The molecule has 0 amide bonds.